The van der Waals surface area contributed by atoms with E-state index in [1.807, 2.05) is 29.0 Å². The molecule has 3 aromatic rings. The summed E-state index contributed by atoms with van der Waals surface area (Å²) in [5, 5.41) is 0. The highest BCUT2D eigenvalue weighted by atomic mass is 19.1. The van der Waals surface area contributed by atoms with Gasteiger partial charge < -0.3 is 14.2 Å². The Morgan fingerprint density at radius 2 is 1.83 bits per heavy atom. The van der Waals surface area contributed by atoms with Crippen LogP contribution >= 0.6 is 0 Å². The van der Waals surface area contributed by atoms with Gasteiger partial charge in [0.15, 0.2) is 0 Å². The summed E-state index contributed by atoms with van der Waals surface area (Å²) in [5.74, 6) is -0.819. The molecule has 0 bridgehead atoms. The lowest BCUT2D eigenvalue weighted by atomic mass is 10.1. The standard InChI is InChI=1S/C23H24F2N2O2/c1-29-14-4-13-27(23(28)19-8-10-20(24)11-9-19)17-22-7-3-12-26(22)16-18-5-2-6-21(25)15-18/h2-3,5-12,15H,4,13-14,16-17H2,1H3. The number of aromatic nitrogens is 1. The number of nitrogens with zero attached hydrogens (tertiary/aromatic N) is 2. The average Bonchev–Trinajstić information content (AvgIpc) is 3.14. The second kappa shape index (κ2) is 9.98. The SMILES string of the molecule is COCCCN(Cc1cccn1Cc1cccc(F)c1)C(=O)c1ccc(F)cc1. The smallest absolute Gasteiger partial charge is 0.254 e. The van der Waals surface area contributed by atoms with Gasteiger partial charge in [-0.25, -0.2) is 8.78 Å². The van der Waals surface area contributed by atoms with E-state index in [9.17, 15) is 13.6 Å². The van der Waals surface area contributed by atoms with Crippen molar-refractivity contribution in [1.82, 2.24) is 9.47 Å². The highest BCUT2D eigenvalue weighted by Gasteiger charge is 2.17. The van der Waals surface area contributed by atoms with Crippen LogP contribution in [0, 0.1) is 11.6 Å². The van der Waals surface area contributed by atoms with E-state index in [-0.39, 0.29) is 17.5 Å². The van der Waals surface area contributed by atoms with Crippen molar-refractivity contribution in [1.29, 1.82) is 0 Å². The number of hydrogen-bond acceptors (Lipinski definition) is 2. The molecule has 0 N–H and O–H groups in total. The molecule has 152 valence electrons. The molecule has 0 atom stereocenters. The summed E-state index contributed by atoms with van der Waals surface area (Å²) >= 11 is 0. The summed E-state index contributed by atoms with van der Waals surface area (Å²) in [7, 11) is 1.62. The van der Waals surface area contributed by atoms with Crippen molar-refractivity contribution in [3.63, 3.8) is 0 Å². The molecule has 0 radical (unpaired) electrons. The number of methoxy groups -OCH3 is 1. The molecule has 29 heavy (non-hydrogen) atoms. The van der Waals surface area contributed by atoms with Crippen molar-refractivity contribution in [2.45, 2.75) is 19.5 Å². The fourth-order valence-electron chi connectivity index (χ4n) is 3.20. The van der Waals surface area contributed by atoms with Crippen LogP contribution in [0.4, 0.5) is 8.78 Å². The Balaban J connectivity index is 1.78. The Hall–Kier alpha value is -2.99. The molecule has 6 heteroatoms. The highest BCUT2D eigenvalue weighted by Crippen LogP contribution is 2.15. The fraction of sp³-hybridized carbons (Fsp3) is 0.261. The molecule has 0 unspecified atom stereocenters. The van der Waals surface area contributed by atoms with Gasteiger partial charge in [0.1, 0.15) is 11.6 Å². The summed E-state index contributed by atoms with van der Waals surface area (Å²) < 4.78 is 33.8. The van der Waals surface area contributed by atoms with Gasteiger partial charge in [0.05, 0.1) is 6.54 Å². The van der Waals surface area contributed by atoms with Crippen molar-refractivity contribution >= 4 is 5.91 Å². The minimum absolute atomic E-state index is 0.167. The fourth-order valence-corrected chi connectivity index (χ4v) is 3.20. The molecule has 1 amide bonds. The normalized spacial score (nSPS) is 10.9. The molecule has 0 aliphatic carbocycles. The van der Waals surface area contributed by atoms with Gasteiger partial charge in [-0.15, -0.1) is 0 Å². The lowest BCUT2D eigenvalue weighted by molar-refractivity contribution is 0.0720. The first-order valence-electron chi connectivity index (χ1n) is 9.49. The number of amides is 1. The second-order valence-electron chi connectivity index (χ2n) is 6.84. The molecule has 4 nitrogen and oxygen atoms in total. The van der Waals surface area contributed by atoms with Gasteiger partial charge in [0, 0.05) is 44.3 Å². The largest absolute Gasteiger partial charge is 0.385 e. The van der Waals surface area contributed by atoms with Gasteiger partial charge in [0.2, 0.25) is 0 Å². The zero-order valence-electron chi connectivity index (χ0n) is 16.4. The maximum Gasteiger partial charge on any atom is 0.254 e. The minimum Gasteiger partial charge on any atom is -0.385 e. The number of carbonyl (C=O) groups is 1. The number of ether oxygens (including phenoxy) is 1. The molecule has 0 saturated carbocycles. The Labute approximate surface area is 169 Å². The highest BCUT2D eigenvalue weighted by molar-refractivity contribution is 5.94. The van der Waals surface area contributed by atoms with E-state index < -0.39 is 0 Å². The molecule has 0 saturated heterocycles. The second-order valence-corrected chi connectivity index (χ2v) is 6.84. The third-order valence-corrected chi connectivity index (χ3v) is 4.67. The predicted molar refractivity (Wildman–Crippen MR) is 108 cm³/mol. The van der Waals surface area contributed by atoms with E-state index in [1.54, 1.807) is 18.1 Å². The molecule has 1 aromatic heterocycles. The van der Waals surface area contributed by atoms with Crippen LogP contribution in [0.2, 0.25) is 0 Å². The number of hydrogen-bond donors (Lipinski definition) is 0. The number of halogens is 2. The van der Waals surface area contributed by atoms with Crippen LogP contribution in [0.25, 0.3) is 0 Å². The maximum atomic E-state index is 13.5. The summed E-state index contributed by atoms with van der Waals surface area (Å²) in [6.07, 6.45) is 2.60. The van der Waals surface area contributed by atoms with Crippen LogP contribution in [0.3, 0.4) is 0 Å². The Kier molecular flexibility index (Phi) is 7.14. The van der Waals surface area contributed by atoms with Gasteiger partial charge in [-0.3, -0.25) is 4.79 Å². The molecule has 0 aliphatic rings. The van der Waals surface area contributed by atoms with Crippen molar-refractivity contribution in [3.05, 3.63) is 95.3 Å². The lowest BCUT2D eigenvalue weighted by Crippen LogP contribution is -2.33. The van der Waals surface area contributed by atoms with Crippen molar-refractivity contribution in [2.75, 3.05) is 20.3 Å². The number of rotatable bonds is 9. The van der Waals surface area contributed by atoms with Gasteiger partial charge >= 0.3 is 0 Å². The summed E-state index contributed by atoms with van der Waals surface area (Å²) in [6.45, 7) is 1.95. The third-order valence-electron chi connectivity index (χ3n) is 4.67. The van der Waals surface area contributed by atoms with Crippen LogP contribution in [-0.4, -0.2) is 35.6 Å². The Morgan fingerprint density at radius 3 is 2.55 bits per heavy atom. The van der Waals surface area contributed by atoms with E-state index >= 15 is 0 Å². The first-order chi connectivity index (χ1) is 14.1. The maximum absolute atomic E-state index is 13.5. The Bertz CT molecular complexity index is 938. The lowest BCUT2D eigenvalue weighted by Gasteiger charge is -2.24. The summed E-state index contributed by atoms with van der Waals surface area (Å²) in [6, 6.07) is 15.9. The molecule has 0 spiro atoms. The Morgan fingerprint density at radius 1 is 1.03 bits per heavy atom. The monoisotopic (exact) mass is 398 g/mol. The first-order valence-corrected chi connectivity index (χ1v) is 9.49. The van der Waals surface area contributed by atoms with E-state index in [0.717, 1.165) is 11.3 Å². The third kappa shape index (κ3) is 5.74. The number of carbonyl (C=O) groups excluding carboxylic acids is 1. The molecule has 3 rings (SSSR count). The van der Waals surface area contributed by atoms with Gasteiger partial charge in [-0.1, -0.05) is 12.1 Å². The van der Waals surface area contributed by atoms with Crippen molar-refractivity contribution in [3.8, 4) is 0 Å². The van der Waals surface area contributed by atoms with Gasteiger partial charge in [-0.2, -0.15) is 0 Å². The van der Waals surface area contributed by atoms with E-state index in [1.165, 1.54) is 36.4 Å². The van der Waals surface area contributed by atoms with Crippen LogP contribution in [0.15, 0.2) is 66.9 Å². The van der Waals surface area contributed by atoms with E-state index in [0.29, 0.717) is 38.2 Å². The number of benzene rings is 2. The zero-order chi connectivity index (χ0) is 20.6. The molecule has 2 aromatic carbocycles. The summed E-state index contributed by atoms with van der Waals surface area (Å²) in [4.78, 5) is 14.7. The summed E-state index contributed by atoms with van der Waals surface area (Å²) in [5.41, 5.74) is 2.22. The quantitative estimate of drug-likeness (QED) is 0.498. The van der Waals surface area contributed by atoms with Crippen LogP contribution in [0.1, 0.15) is 28.0 Å². The molecule has 0 aliphatic heterocycles. The minimum atomic E-state index is -0.378. The molecule has 1 heterocycles. The van der Waals surface area contributed by atoms with Gasteiger partial charge in [0.25, 0.3) is 5.91 Å². The molecular formula is C23H24F2N2O2. The van der Waals surface area contributed by atoms with E-state index in [4.69, 9.17) is 4.74 Å². The average molecular weight is 398 g/mol. The molecular weight excluding hydrogens is 374 g/mol. The van der Waals surface area contributed by atoms with Crippen molar-refractivity contribution < 1.29 is 18.3 Å². The van der Waals surface area contributed by atoms with Crippen molar-refractivity contribution in [2.24, 2.45) is 0 Å². The predicted octanol–water partition coefficient (Wildman–Crippen LogP) is 4.49. The van der Waals surface area contributed by atoms with Crippen LogP contribution < -0.4 is 0 Å². The van der Waals surface area contributed by atoms with E-state index in [2.05, 4.69) is 0 Å². The molecule has 0 fully saturated rings. The van der Waals surface area contributed by atoms with Crippen LogP contribution in [-0.2, 0) is 17.8 Å². The first kappa shape index (κ1) is 20.7. The van der Waals surface area contributed by atoms with Gasteiger partial charge in [-0.05, 0) is 60.5 Å². The van der Waals surface area contributed by atoms with Crippen LogP contribution in [0.5, 0.6) is 0 Å². The zero-order valence-corrected chi connectivity index (χ0v) is 16.4. The topological polar surface area (TPSA) is 34.5 Å².